The van der Waals surface area contributed by atoms with Gasteiger partial charge in [-0.15, -0.1) is 0 Å². The molecule has 0 saturated heterocycles. The van der Waals surface area contributed by atoms with Gasteiger partial charge in [0.25, 0.3) is 0 Å². The molecule has 0 rings (SSSR count). The van der Waals surface area contributed by atoms with Crippen molar-refractivity contribution in [2.24, 2.45) is 0 Å². The van der Waals surface area contributed by atoms with Gasteiger partial charge in [-0.3, -0.25) is 4.79 Å². The van der Waals surface area contributed by atoms with Crippen LogP contribution in [0.25, 0.3) is 0 Å². The highest BCUT2D eigenvalue weighted by atomic mass is 79.9. The van der Waals surface area contributed by atoms with Gasteiger partial charge >= 0.3 is 0 Å². The second kappa shape index (κ2) is 3.13. The van der Waals surface area contributed by atoms with Crippen LogP contribution in [0.1, 0.15) is 13.3 Å². The van der Waals surface area contributed by atoms with Crippen LogP contribution in [0.5, 0.6) is 0 Å². The molecule has 0 saturated carbocycles. The first-order valence-electron chi connectivity index (χ1n) is 1.99. The fourth-order valence-electron chi connectivity index (χ4n) is 0.154. The number of halogens is 2. The Hall–Kier alpha value is 0.0800. The van der Waals surface area contributed by atoms with Gasteiger partial charge in [0.15, 0.2) is 5.78 Å². The molecule has 0 bridgehead atoms. The highest BCUT2D eigenvalue weighted by Crippen LogP contribution is 2.03. The lowest BCUT2D eigenvalue weighted by Crippen LogP contribution is -2.04. The molecule has 0 aromatic rings. The number of hydrogen-bond acceptors (Lipinski definition) is 1. The molecule has 7 heavy (non-hydrogen) atoms. The van der Waals surface area contributed by atoms with E-state index in [0.717, 1.165) is 0 Å². The van der Waals surface area contributed by atoms with Crippen LogP contribution in [0.15, 0.2) is 0 Å². The lowest BCUT2D eigenvalue weighted by molar-refractivity contribution is -0.120. The fourth-order valence-corrected chi connectivity index (χ4v) is 0.478. The van der Waals surface area contributed by atoms with Crippen molar-refractivity contribution < 1.29 is 9.18 Å². The molecular formula is C4H6BrFO. The number of carbonyl (C=O) groups excluding carboxylic acids is 1. The van der Waals surface area contributed by atoms with Gasteiger partial charge in [0.05, 0.1) is 0 Å². The summed E-state index contributed by atoms with van der Waals surface area (Å²) in [6.07, 6.45) is 0.256. The minimum atomic E-state index is -1.46. The van der Waals surface area contributed by atoms with Crippen molar-refractivity contribution in [3.05, 3.63) is 0 Å². The van der Waals surface area contributed by atoms with E-state index >= 15 is 0 Å². The minimum absolute atomic E-state index is 0.256. The molecule has 1 nitrogen and oxygen atoms in total. The zero-order valence-corrected chi connectivity index (χ0v) is 5.53. The summed E-state index contributed by atoms with van der Waals surface area (Å²) in [5.41, 5.74) is 0. The molecule has 0 heterocycles. The van der Waals surface area contributed by atoms with Gasteiger partial charge in [-0.1, -0.05) is 6.92 Å². The van der Waals surface area contributed by atoms with E-state index in [1.165, 1.54) is 0 Å². The van der Waals surface area contributed by atoms with E-state index in [0.29, 0.717) is 0 Å². The first-order valence-corrected chi connectivity index (χ1v) is 2.91. The van der Waals surface area contributed by atoms with Gasteiger partial charge in [0.1, 0.15) is 0 Å². The van der Waals surface area contributed by atoms with Crippen LogP contribution in [0.3, 0.4) is 0 Å². The summed E-state index contributed by atoms with van der Waals surface area (Å²) < 4.78 is 11.7. The number of Topliss-reactive ketones (excluding diaryl/α,β-unsaturated/α-hetero) is 1. The molecule has 0 N–H and O–H groups in total. The van der Waals surface area contributed by atoms with E-state index in [2.05, 4.69) is 15.9 Å². The lowest BCUT2D eigenvalue weighted by Gasteiger charge is -1.90. The number of rotatable bonds is 2. The van der Waals surface area contributed by atoms with E-state index < -0.39 is 10.9 Å². The Morgan fingerprint density at radius 1 is 2.00 bits per heavy atom. The molecular weight excluding hydrogens is 163 g/mol. The van der Waals surface area contributed by atoms with Crippen molar-refractivity contribution in [1.82, 2.24) is 0 Å². The standard InChI is InChI=1S/C4H6BrFO/c1-2-3(7)4(5)6/h4H,2H2,1H3. The smallest absolute Gasteiger partial charge is 0.212 e. The highest BCUT2D eigenvalue weighted by Gasteiger charge is 2.07. The summed E-state index contributed by atoms with van der Waals surface area (Å²) in [7, 11) is 0. The van der Waals surface area contributed by atoms with Gasteiger partial charge < -0.3 is 0 Å². The highest BCUT2D eigenvalue weighted by molar-refractivity contribution is 9.09. The predicted octanol–water partition coefficient (Wildman–Crippen LogP) is 1.66. The molecule has 42 valence electrons. The third-order valence-corrected chi connectivity index (χ3v) is 1.10. The van der Waals surface area contributed by atoms with E-state index in [-0.39, 0.29) is 6.42 Å². The molecule has 3 heteroatoms. The summed E-state index contributed by atoms with van der Waals surface area (Å²) >= 11 is 2.48. The molecule has 0 fully saturated rings. The van der Waals surface area contributed by atoms with E-state index in [4.69, 9.17) is 0 Å². The van der Waals surface area contributed by atoms with Crippen LogP contribution in [-0.4, -0.2) is 10.9 Å². The fraction of sp³-hybridized carbons (Fsp3) is 0.750. The maximum atomic E-state index is 11.7. The summed E-state index contributed by atoms with van der Waals surface area (Å²) in [6.45, 7) is 1.62. The van der Waals surface area contributed by atoms with Gasteiger partial charge in [-0.25, -0.2) is 4.39 Å². The van der Waals surface area contributed by atoms with Crippen LogP contribution >= 0.6 is 15.9 Å². The van der Waals surface area contributed by atoms with Crippen LogP contribution in [-0.2, 0) is 4.79 Å². The molecule has 0 aromatic carbocycles. The van der Waals surface area contributed by atoms with Gasteiger partial charge in [-0.05, 0) is 15.9 Å². The summed E-state index contributed by atoms with van der Waals surface area (Å²) in [4.78, 5) is 10.1. The predicted molar refractivity (Wildman–Crippen MR) is 29.1 cm³/mol. The second-order valence-corrected chi connectivity index (χ2v) is 1.92. The zero-order chi connectivity index (χ0) is 5.86. The third-order valence-electron chi connectivity index (χ3n) is 0.592. The Kier molecular flexibility index (Phi) is 3.17. The Bertz CT molecular complexity index is 72.1. The maximum absolute atomic E-state index is 11.7. The molecule has 0 amide bonds. The van der Waals surface area contributed by atoms with Gasteiger partial charge in [0, 0.05) is 6.42 Å². The maximum Gasteiger partial charge on any atom is 0.212 e. The molecule has 1 atom stereocenters. The molecule has 0 aliphatic carbocycles. The summed E-state index contributed by atoms with van der Waals surface area (Å²) in [6, 6.07) is 0. The largest absolute Gasteiger partial charge is 0.295 e. The summed E-state index contributed by atoms with van der Waals surface area (Å²) in [5, 5.41) is -1.46. The van der Waals surface area contributed by atoms with Gasteiger partial charge in [0.2, 0.25) is 5.08 Å². The Morgan fingerprint density at radius 3 is 2.43 bits per heavy atom. The SMILES string of the molecule is CCC(=O)C(F)Br. The Labute approximate surface area is 50.0 Å². The third kappa shape index (κ3) is 2.74. The monoisotopic (exact) mass is 168 g/mol. The van der Waals surface area contributed by atoms with Crippen molar-refractivity contribution in [2.45, 2.75) is 18.4 Å². The zero-order valence-electron chi connectivity index (χ0n) is 3.95. The van der Waals surface area contributed by atoms with Crippen molar-refractivity contribution in [3.63, 3.8) is 0 Å². The van der Waals surface area contributed by atoms with E-state index in [9.17, 15) is 9.18 Å². The number of hydrogen-bond donors (Lipinski definition) is 0. The van der Waals surface area contributed by atoms with E-state index in [1.807, 2.05) is 0 Å². The van der Waals surface area contributed by atoms with Crippen LogP contribution in [0.2, 0.25) is 0 Å². The van der Waals surface area contributed by atoms with Crippen molar-refractivity contribution in [1.29, 1.82) is 0 Å². The Balaban J connectivity index is 3.35. The van der Waals surface area contributed by atoms with Gasteiger partial charge in [-0.2, -0.15) is 0 Å². The molecule has 0 aromatic heterocycles. The number of ketones is 1. The quantitative estimate of drug-likeness (QED) is 0.574. The average molecular weight is 169 g/mol. The molecule has 0 spiro atoms. The van der Waals surface area contributed by atoms with Crippen molar-refractivity contribution in [3.8, 4) is 0 Å². The van der Waals surface area contributed by atoms with Crippen LogP contribution in [0, 0.1) is 0 Å². The molecule has 0 aliphatic heterocycles. The van der Waals surface area contributed by atoms with Crippen molar-refractivity contribution in [2.75, 3.05) is 0 Å². The molecule has 1 unspecified atom stereocenters. The average Bonchev–Trinajstić information content (AvgIpc) is 1.65. The molecule has 0 radical (unpaired) electrons. The topological polar surface area (TPSA) is 17.1 Å². The second-order valence-electron chi connectivity index (χ2n) is 1.12. The minimum Gasteiger partial charge on any atom is -0.295 e. The van der Waals surface area contributed by atoms with E-state index in [1.54, 1.807) is 6.92 Å². The summed E-state index contributed by atoms with van der Waals surface area (Å²) in [5.74, 6) is -0.403. The first-order chi connectivity index (χ1) is 3.18. The number of carbonyl (C=O) groups is 1. The lowest BCUT2D eigenvalue weighted by atomic mass is 10.3. The van der Waals surface area contributed by atoms with Crippen LogP contribution < -0.4 is 0 Å². The van der Waals surface area contributed by atoms with Crippen LogP contribution in [0.4, 0.5) is 4.39 Å². The Morgan fingerprint density at radius 2 is 2.43 bits per heavy atom. The first kappa shape index (κ1) is 7.08. The van der Waals surface area contributed by atoms with Crippen molar-refractivity contribution >= 4 is 21.7 Å². The number of alkyl halides is 2. The normalized spacial score (nSPS) is 13.6. The molecule has 0 aliphatic rings.